The van der Waals surface area contributed by atoms with Gasteiger partial charge in [-0.15, -0.1) is 0 Å². The predicted octanol–water partition coefficient (Wildman–Crippen LogP) is 5.30. The predicted molar refractivity (Wildman–Crippen MR) is 92.5 cm³/mol. The molecule has 114 valence electrons. The fourth-order valence-electron chi connectivity index (χ4n) is 2.29. The van der Waals surface area contributed by atoms with Crippen molar-refractivity contribution in [2.24, 2.45) is 4.99 Å². The van der Waals surface area contributed by atoms with Gasteiger partial charge in [-0.2, -0.15) is 4.99 Å². The molecule has 1 aliphatic heterocycles. The number of aliphatic imine (C=N–C) groups is 1. The summed E-state index contributed by atoms with van der Waals surface area (Å²) in [5.74, 6) is 0. The highest BCUT2D eigenvalue weighted by Gasteiger charge is 2.29. The molecule has 3 rings (SSSR count). The summed E-state index contributed by atoms with van der Waals surface area (Å²) in [5, 5.41) is 1.41. The van der Waals surface area contributed by atoms with E-state index in [1.165, 1.54) is 0 Å². The van der Waals surface area contributed by atoms with Gasteiger partial charge in [-0.3, -0.25) is 4.90 Å². The number of hydrogen-bond donors (Lipinski definition) is 0. The van der Waals surface area contributed by atoms with E-state index in [0.29, 0.717) is 16.1 Å². The molecular weight excluding hydrogens is 319 g/mol. The number of hydrogen-bond acceptors (Lipinski definition) is 2. The monoisotopic (exact) mass is 334 g/mol. The summed E-state index contributed by atoms with van der Waals surface area (Å²) >= 11 is 11.9. The van der Waals surface area contributed by atoms with Crippen LogP contribution in [-0.4, -0.2) is 18.7 Å². The highest BCUT2D eigenvalue weighted by Crippen LogP contribution is 2.26. The Morgan fingerprint density at radius 2 is 1.64 bits per heavy atom. The summed E-state index contributed by atoms with van der Waals surface area (Å²) in [6.07, 6.45) is 1.07. The number of ether oxygens (including phenoxy) is 1. The Bertz CT molecular complexity index is 668. The van der Waals surface area contributed by atoms with Crippen LogP contribution in [0.2, 0.25) is 10.0 Å². The van der Waals surface area contributed by atoms with Crippen molar-refractivity contribution in [1.82, 2.24) is 0 Å². The molecule has 5 heteroatoms. The Kier molecular flexibility index (Phi) is 4.55. The lowest BCUT2D eigenvalue weighted by molar-refractivity contribution is 0.226. The van der Waals surface area contributed by atoms with Crippen LogP contribution >= 0.6 is 23.2 Å². The van der Waals surface area contributed by atoms with Gasteiger partial charge in [0.05, 0.1) is 12.2 Å². The zero-order valence-corrected chi connectivity index (χ0v) is 13.7. The molecule has 1 unspecified atom stereocenters. The lowest BCUT2D eigenvalue weighted by Crippen LogP contribution is -2.25. The Hall–Kier alpha value is -1.71. The maximum Gasteiger partial charge on any atom is 0.297 e. The lowest BCUT2D eigenvalue weighted by Gasteiger charge is -2.16. The minimum atomic E-state index is 0.140. The van der Waals surface area contributed by atoms with E-state index in [0.717, 1.165) is 24.3 Å². The van der Waals surface area contributed by atoms with Crippen molar-refractivity contribution >= 4 is 40.6 Å². The van der Waals surface area contributed by atoms with Crippen LogP contribution < -0.4 is 4.90 Å². The molecule has 22 heavy (non-hydrogen) atoms. The smallest absolute Gasteiger partial charge is 0.297 e. The topological polar surface area (TPSA) is 24.8 Å². The number of halogens is 2. The summed E-state index contributed by atoms with van der Waals surface area (Å²) in [5.41, 5.74) is 1.84. The summed E-state index contributed by atoms with van der Waals surface area (Å²) in [6.45, 7) is 2.89. The van der Waals surface area contributed by atoms with Crippen LogP contribution in [0.25, 0.3) is 0 Å². The second kappa shape index (κ2) is 6.59. The van der Waals surface area contributed by atoms with Gasteiger partial charge < -0.3 is 4.74 Å². The van der Waals surface area contributed by atoms with Gasteiger partial charge in [0, 0.05) is 15.7 Å². The molecule has 0 bridgehead atoms. The van der Waals surface area contributed by atoms with E-state index in [1.807, 2.05) is 48.5 Å². The van der Waals surface area contributed by atoms with Crippen molar-refractivity contribution in [2.75, 3.05) is 11.4 Å². The van der Waals surface area contributed by atoms with Crippen molar-refractivity contribution in [2.45, 2.75) is 19.4 Å². The van der Waals surface area contributed by atoms with Crippen LogP contribution in [0.5, 0.6) is 0 Å². The van der Waals surface area contributed by atoms with Crippen molar-refractivity contribution in [3.05, 3.63) is 58.6 Å². The second-order valence-corrected chi connectivity index (χ2v) is 5.98. The molecule has 0 N–H and O–H groups in total. The Morgan fingerprint density at radius 1 is 1.05 bits per heavy atom. The molecule has 0 spiro atoms. The zero-order valence-electron chi connectivity index (χ0n) is 12.2. The Morgan fingerprint density at radius 3 is 2.23 bits per heavy atom. The quantitative estimate of drug-likeness (QED) is 0.761. The van der Waals surface area contributed by atoms with Gasteiger partial charge in [-0.25, -0.2) is 0 Å². The van der Waals surface area contributed by atoms with Crippen LogP contribution in [0.1, 0.15) is 13.3 Å². The van der Waals surface area contributed by atoms with Crippen LogP contribution in [0, 0.1) is 0 Å². The molecule has 2 aromatic carbocycles. The third-order valence-corrected chi connectivity index (χ3v) is 4.04. The molecule has 1 heterocycles. The maximum atomic E-state index is 5.96. The fourth-order valence-corrected chi connectivity index (χ4v) is 2.55. The van der Waals surface area contributed by atoms with E-state index in [9.17, 15) is 0 Å². The van der Waals surface area contributed by atoms with Gasteiger partial charge in [0.25, 0.3) is 6.02 Å². The van der Waals surface area contributed by atoms with Gasteiger partial charge in [0.1, 0.15) is 6.10 Å². The SMILES string of the molecule is CCC1CN(c2ccc(Cl)cc2)C(=Nc2ccc(Cl)cc2)O1. The summed E-state index contributed by atoms with van der Waals surface area (Å²) in [6, 6.07) is 15.7. The van der Waals surface area contributed by atoms with Crippen molar-refractivity contribution in [3.63, 3.8) is 0 Å². The molecule has 0 saturated carbocycles. The molecule has 0 radical (unpaired) electrons. The molecule has 1 aliphatic rings. The molecule has 0 aliphatic carbocycles. The average molecular weight is 335 g/mol. The molecule has 0 aromatic heterocycles. The fraction of sp³-hybridized carbons (Fsp3) is 0.235. The van der Waals surface area contributed by atoms with E-state index in [4.69, 9.17) is 27.9 Å². The minimum Gasteiger partial charge on any atom is -0.459 e. The molecule has 1 saturated heterocycles. The summed E-state index contributed by atoms with van der Waals surface area (Å²) < 4.78 is 5.95. The average Bonchev–Trinajstić information content (AvgIpc) is 2.93. The van der Waals surface area contributed by atoms with Crippen LogP contribution in [0.3, 0.4) is 0 Å². The summed E-state index contributed by atoms with van der Waals surface area (Å²) in [4.78, 5) is 6.67. The third kappa shape index (κ3) is 3.37. The normalized spacial score (nSPS) is 19.5. The van der Waals surface area contributed by atoms with Crippen LogP contribution in [-0.2, 0) is 4.74 Å². The van der Waals surface area contributed by atoms with Gasteiger partial charge in [-0.1, -0.05) is 30.1 Å². The molecular formula is C17H16Cl2N2O. The third-order valence-electron chi connectivity index (χ3n) is 3.53. The number of anilines is 1. The van der Waals surface area contributed by atoms with Crippen molar-refractivity contribution in [1.29, 1.82) is 0 Å². The van der Waals surface area contributed by atoms with Crippen LogP contribution in [0.15, 0.2) is 53.5 Å². The van der Waals surface area contributed by atoms with E-state index in [2.05, 4.69) is 16.8 Å². The molecule has 0 amide bonds. The van der Waals surface area contributed by atoms with Gasteiger partial charge in [-0.05, 0) is 55.0 Å². The first kappa shape index (κ1) is 15.2. The highest BCUT2D eigenvalue weighted by atomic mass is 35.5. The molecule has 2 aromatic rings. The Labute approximate surface area is 140 Å². The maximum absolute atomic E-state index is 5.96. The van der Waals surface area contributed by atoms with E-state index in [1.54, 1.807) is 0 Å². The highest BCUT2D eigenvalue weighted by molar-refractivity contribution is 6.31. The van der Waals surface area contributed by atoms with E-state index >= 15 is 0 Å². The van der Waals surface area contributed by atoms with Gasteiger partial charge >= 0.3 is 0 Å². The standard InChI is InChI=1S/C17H16Cl2N2O/c1-2-16-11-21(15-9-5-13(19)6-10-15)17(22-16)20-14-7-3-12(18)4-8-14/h3-10,16H,2,11H2,1H3. The molecule has 1 atom stereocenters. The summed E-state index contributed by atoms with van der Waals surface area (Å²) in [7, 11) is 0. The number of nitrogens with zero attached hydrogens (tertiary/aromatic N) is 2. The largest absolute Gasteiger partial charge is 0.459 e. The van der Waals surface area contributed by atoms with Crippen molar-refractivity contribution in [3.8, 4) is 0 Å². The first-order valence-corrected chi connectivity index (χ1v) is 7.95. The number of benzene rings is 2. The van der Waals surface area contributed by atoms with E-state index < -0.39 is 0 Å². The van der Waals surface area contributed by atoms with Crippen molar-refractivity contribution < 1.29 is 4.74 Å². The first-order valence-electron chi connectivity index (χ1n) is 7.19. The zero-order chi connectivity index (χ0) is 15.5. The number of rotatable bonds is 3. The van der Waals surface area contributed by atoms with E-state index in [-0.39, 0.29) is 6.10 Å². The van der Waals surface area contributed by atoms with Crippen LogP contribution in [0.4, 0.5) is 11.4 Å². The van der Waals surface area contributed by atoms with Gasteiger partial charge in [0.2, 0.25) is 0 Å². The lowest BCUT2D eigenvalue weighted by atomic mass is 10.2. The Balaban J connectivity index is 1.92. The van der Waals surface area contributed by atoms with Gasteiger partial charge in [0.15, 0.2) is 0 Å². The number of amidine groups is 1. The molecule has 1 fully saturated rings. The second-order valence-electron chi connectivity index (χ2n) is 5.11. The first-order chi connectivity index (χ1) is 10.7. The minimum absolute atomic E-state index is 0.140. The molecule has 3 nitrogen and oxygen atoms in total.